The summed E-state index contributed by atoms with van der Waals surface area (Å²) in [6.45, 7) is 5.54. The van der Waals surface area contributed by atoms with Crippen molar-refractivity contribution in [1.29, 1.82) is 0 Å². The minimum absolute atomic E-state index is 0.0737. The van der Waals surface area contributed by atoms with E-state index in [9.17, 15) is 9.59 Å². The van der Waals surface area contributed by atoms with Crippen LogP contribution in [0.1, 0.15) is 39.8 Å². The van der Waals surface area contributed by atoms with Crippen molar-refractivity contribution in [3.8, 4) is 11.3 Å². The number of carbonyl (C=O) groups excluding carboxylic acids is 1. The molecule has 2 aromatic rings. The lowest BCUT2D eigenvalue weighted by Gasteiger charge is -2.29. The Balaban J connectivity index is 2.14. The third kappa shape index (κ3) is 2.84. The number of anilines is 1. The number of benzene rings is 1. The van der Waals surface area contributed by atoms with Crippen LogP contribution >= 0.6 is 11.8 Å². The number of aromatic nitrogens is 3. The monoisotopic (exact) mass is 345 g/mol. The molecule has 1 aromatic heterocycles. The van der Waals surface area contributed by atoms with E-state index in [2.05, 4.69) is 17.0 Å². The van der Waals surface area contributed by atoms with Crippen molar-refractivity contribution >= 4 is 23.4 Å². The quantitative estimate of drug-likeness (QED) is 0.525. The van der Waals surface area contributed by atoms with Crippen molar-refractivity contribution < 1.29 is 9.48 Å². The molecule has 1 N–H and O–H groups in total. The number of fused-ring (bicyclic) bond motifs is 3. The molecule has 1 aliphatic rings. The highest BCUT2D eigenvalue weighted by Gasteiger charge is 2.40. The van der Waals surface area contributed by atoms with Gasteiger partial charge in [0.05, 0.1) is 11.3 Å². The number of hydrogen-bond donors (Lipinski definition) is 1. The Labute approximate surface area is 144 Å². The molecule has 0 bridgehead atoms. The van der Waals surface area contributed by atoms with Gasteiger partial charge >= 0.3 is 11.3 Å². The van der Waals surface area contributed by atoms with Gasteiger partial charge in [-0.2, -0.15) is 0 Å². The van der Waals surface area contributed by atoms with Crippen molar-refractivity contribution in [1.82, 2.24) is 10.1 Å². The van der Waals surface area contributed by atoms with Crippen LogP contribution in [0.4, 0.5) is 5.69 Å². The molecular formula is C17H21N4O2S+. The summed E-state index contributed by atoms with van der Waals surface area (Å²) in [5.41, 5.74) is 1.79. The van der Waals surface area contributed by atoms with Crippen LogP contribution in [0.2, 0.25) is 0 Å². The number of nitrogens with zero attached hydrogens (tertiary/aromatic N) is 3. The Morgan fingerprint density at radius 2 is 2.17 bits per heavy atom. The van der Waals surface area contributed by atoms with E-state index in [1.807, 2.05) is 31.2 Å². The lowest BCUT2D eigenvalue weighted by molar-refractivity contribution is -0.768. The average Bonchev–Trinajstić information content (AvgIpc) is 2.55. The highest BCUT2D eigenvalue weighted by Crippen LogP contribution is 2.34. The molecule has 7 heteroatoms. The number of carbonyl (C=O) groups is 1. The van der Waals surface area contributed by atoms with Gasteiger partial charge < -0.3 is 0 Å². The number of nitrogens with one attached hydrogen (secondary N) is 1. The number of rotatable bonds is 4. The molecule has 1 aliphatic heterocycles. The van der Waals surface area contributed by atoms with Gasteiger partial charge in [-0.25, -0.2) is 0 Å². The van der Waals surface area contributed by atoms with Gasteiger partial charge in [0.2, 0.25) is 11.1 Å². The van der Waals surface area contributed by atoms with Crippen LogP contribution in [0, 0.1) is 0 Å². The van der Waals surface area contributed by atoms with Crippen molar-refractivity contribution in [2.75, 3.05) is 10.7 Å². The maximum absolute atomic E-state index is 12.7. The summed E-state index contributed by atoms with van der Waals surface area (Å²) in [6, 6.07) is 7.44. The molecule has 1 amide bonds. The van der Waals surface area contributed by atoms with Crippen molar-refractivity contribution in [3.63, 3.8) is 0 Å². The number of para-hydroxylation sites is 1. The molecule has 0 spiro atoms. The Kier molecular flexibility index (Phi) is 4.71. The fraction of sp³-hybridized carbons (Fsp3) is 0.412. The van der Waals surface area contributed by atoms with Crippen molar-refractivity contribution in [3.05, 3.63) is 34.6 Å². The lowest BCUT2D eigenvalue weighted by atomic mass is 10.1. The summed E-state index contributed by atoms with van der Waals surface area (Å²) in [4.78, 5) is 29.4. The second-order valence-electron chi connectivity index (χ2n) is 5.79. The summed E-state index contributed by atoms with van der Waals surface area (Å²) in [7, 11) is 0. The first-order valence-corrected chi connectivity index (χ1v) is 9.11. The molecule has 0 aliphatic carbocycles. The molecule has 24 heavy (non-hydrogen) atoms. The predicted octanol–water partition coefficient (Wildman–Crippen LogP) is 2.50. The number of unbranched alkanes of at least 4 members (excludes halogenated alkanes) is 1. The summed E-state index contributed by atoms with van der Waals surface area (Å²) in [6.07, 6.45) is 1.81. The van der Waals surface area contributed by atoms with Crippen LogP contribution < -0.4 is 15.1 Å². The first kappa shape index (κ1) is 16.7. The molecule has 2 heterocycles. The van der Waals surface area contributed by atoms with E-state index in [-0.39, 0.29) is 17.6 Å². The summed E-state index contributed by atoms with van der Waals surface area (Å²) in [5.74, 6) is 0.829. The maximum atomic E-state index is 12.7. The van der Waals surface area contributed by atoms with E-state index in [0.29, 0.717) is 10.9 Å². The second-order valence-corrected chi connectivity index (χ2v) is 6.88. The average molecular weight is 345 g/mol. The van der Waals surface area contributed by atoms with Gasteiger partial charge in [0.15, 0.2) is 0 Å². The van der Waals surface area contributed by atoms with Crippen molar-refractivity contribution in [2.24, 2.45) is 0 Å². The van der Waals surface area contributed by atoms with Gasteiger partial charge in [0.25, 0.3) is 6.17 Å². The molecule has 1 aromatic carbocycles. The number of aromatic amines is 1. The normalized spacial score (nSPS) is 15.8. The summed E-state index contributed by atoms with van der Waals surface area (Å²) >= 11 is 1.53. The second kappa shape index (κ2) is 6.76. The van der Waals surface area contributed by atoms with E-state index >= 15 is 0 Å². The standard InChI is InChI=1S/C17H20N4O2S/c1-4-5-10-24-17-18-16(23)15-13-8-6-7-9-14(13)20(12(3)22)11(2)21(15)19-17/h6-9,11H,4-5,10H2,1-3H3/p+1. The van der Waals surface area contributed by atoms with Gasteiger partial charge in [0, 0.05) is 24.7 Å². The number of amides is 1. The summed E-state index contributed by atoms with van der Waals surface area (Å²) < 4.78 is 1.66. The fourth-order valence-electron chi connectivity index (χ4n) is 2.95. The maximum Gasteiger partial charge on any atom is 0.325 e. The van der Waals surface area contributed by atoms with Crippen LogP contribution in [-0.4, -0.2) is 21.7 Å². The van der Waals surface area contributed by atoms with Crippen LogP contribution in [0.5, 0.6) is 0 Å². The highest BCUT2D eigenvalue weighted by molar-refractivity contribution is 7.99. The minimum atomic E-state index is -0.347. The van der Waals surface area contributed by atoms with E-state index in [1.54, 1.807) is 9.58 Å². The molecule has 0 saturated carbocycles. The SMILES string of the molecule is CCCCSc1n[n+]2c(c(=O)[nH]1)-c1ccccc1N(C(C)=O)C2C. The minimum Gasteiger partial charge on any atom is -0.291 e. The molecule has 3 rings (SSSR count). The molecule has 0 radical (unpaired) electrons. The zero-order chi connectivity index (χ0) is 17.3. The zero-order valence-corrected chi connectivity index (χ0v) is 14.9. The Morgan fingerprint density at radius 3 is 2.88 bits per heavy atom. The van der Waals surface area contributed by atoms with Crippen LogP contribution in [0.25, 0.3) is 11.3 Å². The summed E-state index contributed by atoms with van der Waals surface area (Å²) in [5, 5.41) is 5.18. The first-order chi connectivity index (χ1) is 11.5. The van der Waals surface area contributed by atoms with E-state index in [1.165, 1.54) is 18.7 Å². The van der Waals surface area contributed by atoms with Gasteiger partial charge in [-0.1, -0.05) is 41.9 Å². The van der Waals surface area contributed by atoms with Crippen LogP contribution in [0.15, 0.2) is 34.2 Å². The van der Waals surface area contributed by atoms with E-state index in [0.717, 1.165) is 29.8 Å². The van der Waals surface area contributed by atoms with Crippen LogP contribution in [0.3, 0.4) is 0 Å². The largest absolute Gasteiger partial charge is 0.325 e. The topological polar surface area (TPSA) is 69.9 Å². The fourth-order valence-corrected chi connectivity index (χ4v) is 3.89. The Bertz CT molecular complexity index is 834. The van der Waals surface area contributed by atoms with Crippen LogP contribution in [-0.2, 0) is 4.79 Å². The van der Waals surface area contributed by atoms with Gasteiger partial charge in [0.1, 0.15) is 0 Å². The molecule has 1 unspecified atom stereocenters. The molecular weight excluding hydrogens is 324 g/mol. The molecule has 126 valence electrons. The Morgan fingerprint density at radius 1 is 1.42 bits per heavy atom. The van der Waals surface area contributed by atoms with Gasteiger partial charge in [-0.3, -0.25) is 19.5 Å². The number of H-pyrrole nitrogens is 1. The molecule has 0 fully saturated rings. The van der Waals surface area contributed by atoms with Gasteiger partial charge in [-0.15, -0.1) is 0 Å². The van der Waals surface area contributed by atoms with E-state index < -0.39 is 0 Å². The molecule has 0 saturated heterocycles. The number of thioether (sulfide) groups is 1. The predicted molar refractivity (Wildman–Crippen MR) is 94.0 cm³/mol. The zero-order valence-electron chi connectivity index (χ0n) is 14.1. The number of hydrogen-bond acceptors (Lipinski definition) is 4. The lowest BCUT2D eigenvalue weighted by Crippen LogP contribution is -2.59. The van der Waals surface area contributed by atoms with Crippen molar-refractivity contribution in [2.45, 2.75) is 44.9 Å². The Hall–Kier alpha value is -2.15. The molecule has 1 atom stereocenters. The smallest absolute Gasteiger partial charge is 0.291 e. The molecule has 6 nitrogen and oxygen atoms in total. The van der Waals surface area contributed by atoms with Gasteiger partial charge in [-0.05, 0) is 18.6 Å². The third-order valence-electron chi connectivity index (χ3n) is 4.09. The van der Waals surface area contributed by atoms with E-state index in [4.69, 9.17) is 0 Å². The third-order valence-corrected chi connectivity index (χ3v) is 5.04. The first-order valence-electron chi connectivity index (χ1n) is 8.12. The highest BCUT2D eigenvalue weighted by atomic mass is 32.2.